The molecule has 3 nitrogen and oxygen atoms in total. The van der Waals surface area contributed by atoms with E-state index >= 15 is 0 Å². The van der Waals surface area contributed by atoms with Crippen molar-refractivity contribution in [1.82, 2.24) is 4.98 Å². The molecule has 3 aromatic rings. The Kier molecular flexibility index (Phi) is 7.96. The van der Waals surface area contributed by atoms with Crippen molar-refractivity contribution < 1.29 is 42.2 Å². The number of pyridine rings is 1. The number of hydrogen-bond donors (Lipinski definition) is 0. The first-order chi connectivity index (χ1) is 12.1. The fourth-order valence-corrected chi connectivity index (χ4v) is 4.14. The number of hydrogen-bond acceptors (Lipinski definition) is 4. The molecular weight excluding hydrogens is 487 g/mol. The Bertz CT molecular complexity index is 939. The Hall–Kier alpha value is -0.616. The summed E-state index contributed by atoms with van der Waals surface area (Å²) >= 11 is 5.00. The number of carbonyl (C=O) groups excluding carboxylic acids is 1. The summed E-state index contributed by atoms with van der Waals surface area (Å²) in [5.41, 5.74) is 5.55. The summed E-state index contributed by atoms with van der Waals surface area (Å²) < 4.78 is 6.96. The quantitative estimate of drug-likeness (QED) is 0.334. The molecule has 0 aliphatic heterocycles. The van der Waals surface area contributed by atoms with E-state index in [1.165, 1.54) is 5.56 Å². The number of thiophene rings is 1. The molecule has 0 spiro atoms. The number of fused-ring (bicyclic) bond motifs is 1. The van der Waals surface area contributed by atoms with Gasteiger partial charge in [-0.2, -0.15) is 0 Å². The Morgan fingerprint density at radius 1 is 1.23 bits per heavy atom. The van der Waals surface area contributed by atoms with Crippen LogP contribution in [0.2, 0.25) is 0 Å². The van der Waals surface area contributed by atoms with Gasteiger partial charge in [0.2, 0.25) is 0 Å². The number of aromatic nitrogens is 1. The maximum atomic E-state index is 11.4. The number of benzene rings is 1. The SMILES string of the molecule is CCc1ccc(OCCBr)c(-c2cc(C)nc3c([C-]=O)c(C)sc23)c1.[Y]. The molecule has 2 aromatic heterocycles. The molecule has 2 heterocycles. The monoisotopic (exact) mass is 505 g/mol. The summed E-state index contributed by atoms with van der Waals surface area (Å²) in [4.78, 5) is 16.9. The van der Waals surface area contributed by atoms with Gasteiger partial charge in [0.15, 0.2) is 0 Å². The van der Waals surface area contributed by atoms with Crippen LogP contribution in [0.1, 0.15) is 28.6 Å². The maximum Gasteiger partial charge on any atom is 0.127 e. The molecule has 0 fully saturated rings. The molecule has 0 bridgehead atoms. The minimum Gasteiger partial charge on any atom is -0.492 e. The largest absolute Gasteiger partial charge is 0.492 e. The van der Waals surface area contributed by atoms with Crippen LogP contribution in [0.3, 0.4) is 0 Å². The van der Waals surface area contributed by atoms with Gasteiger partial charge in [-0.15, -0.1) is 5.56 Å². The zero-order chi connectivity index (χ0) is 18.0. The van der Waals surface area contributed by atoms with Crippen LogP contribution >= 0.6 is 27.3 Å². The van der Waals surface area contributed by atoms with Crippen LogP contribution in [0.5, 0.6) is 5.75 Å². The molecule has 0 atom stereocenters. The van der Waals surface area contributed by atoms with Crippen LogP contribution in [0.25, 0.3) is 21.3 Å². The summed E-state index contributed by atoms with van der Waals surface area (Å²) in [5.74, 6) is 0.853. The molecule has 0 N–H and O–H groups in total. The van der Waals surface area contributed by atoms with Crippen molar-refractivity contribution in [2.45, 2.75) is 27.2 Å². The second kappa shape index (κ2) is 9.54. The summed E-state index contributed by atoms with van der Waals surface area (Å²) in [7, 11) is 0. The van der Waals surface area contributed by atoms with Gasteiger partial charge in [-0.25, -0.2) is 11.3 Å². The minimum atomic E-state index is 0. The van der Waals surface area contributed by atoms with E-state index in [1.807, 2.05) is 19.9 Å². The molecule has 133 valence electrons. The normalized spacial score (nSPS) is 10.6. The maximum absolute atomic E-state index is 11.4. The van der Waals surface area contributed by atoms with E-state index in [2.05, 4.69) is 52.3 Å². The van der Waals surface area contributed by atoms with E-state index in [0.29, 0.717) is 12.2 Å². The van der Waals surface area contributed by atoms with Crippen LogP contribution in [0.15, 0.2) is 24.3 Å². The van der Waals surface area contributed by atoms with E-state index in [-0.39, 0.29) is 32.7 Å². The predicted molar refractivity (Wildman–Crippen MR) is 108 cm³/mol. The zero-order valence-corrected chi connectivity index (χ0v) is 20.3. The molecular formula is C20H19BrNO2SY-. The van der Waals surface area contributed by atoms with Crippen molar-refractivity contribution in [1.29, 1.82) is 0 Å². The predicted octanol–water partition coefficient (Wildman–Crippen LogP) is 5.37. The molecule has 0 saturated carbocycles. The Morgan fingerprint density at radius 3 is 2.65 bits per heavy atom. The second-order valence-corrected chi connectivity index (χ2v) is 7.86. The van der Waals surface area contributed by atoms with Crippen LogP contribution in [0.4, 0.5) is 0 Å². The molecule has 0 aliphatic carbocycles. The summed E-state index contributed by atoms with van der Waals surface area (Å²) in [5, 5.41) is 0.773. The number of nitrogens with zero attached hydrogens (tertiary/aromatic N) is 1. The number of alkyl halides is 1. The fraction of sp³-hybridized carbons (Fsp3) is 0.300. The first kappa shape index (κ1) is 21.7. The van der Waals surface area contributed by atoms with E-state index in [1.54, 1.807) is 11.3 Å². The van der Waals surface area contributed by atoms with Gasteiger partial charge < -0.3 is 14.5 Å². The summed E-state index contributed by atoms with van der Waals surface area (Å²) in [6, 6.07) is 8.38. The van der Waals surface area contributed by atoms with E-state index in [4.69, 9.17) is 4.74 Å². The van der Waals surface area contributed by atoms with E-state index in [9.17, 15) is 4.79 Å². The van der Waals surface area contributed by atoms with Crippen molar-refractivity contribution >= 4 is 43.8 Å². The van der Waals surface area contributed by atoms with Gasteiger partial charge in [-0.3, -0.25) is 0 Å². The first-order valence-corrected chi connectivity index (χ1v) is 10.1. The molecule has 0 saturated heterocycles. The van der Waals surface area contributed by atoms with Gasteiger partial charge in [-0.05, 0) is 52.9 Å². The summed E-state index contributed by atoms with van der Waals surface area (Å²) in [6.07, 6.45) is 3.01. The van der Waals surface area contributed by atoms with E-state index in [0.717, 1.165) is 49.4 Å². The third kappa shape index (κ3) is 4.27. The molecule has 0 amide bonds. The first-order valence-electron chi connectivity index (χ1n) is 8.20. The number of rotatable bonds is 6. The van der Waals surface area contributed by atoms with Gasteiger partial charge in [0, 0.05) is 49.3 Å². The van der Waals surface area contributed by atoms with E-state index < -0.39 is 0 Å². The Morgan fingerprint density at radius 2 is 2.00 bits per heavy atom. The smallest absolute Gasteiger partial charge is 0.127 e. The van der Waals surface area contributed by atoms with Crippen molar-refractivity contribution in [3.05, 3.63) is 46.0 Å². The number of ether oxygens (including phenoxy) is 1. The van der Waals surface area contributed by atoms with Gasteiger partial charge in [-0.1, -0.05) is 40.7 Å². The molecule has 3 rings (SSSR count). The topological polar surface area (TPSA) is 39.2 Å². The van der Waals surface area contributed by atoms with Crippen LogP contribution < -0.4 is 4.74 Å². The fourth-order valence-electron chi connectivity index (χ4n) is 2.91. The molecule has 1 radical (unpaired) electrons. The third-order valence-electron chi connectivity index (χ3n) is 4.12. The minimum absolute atomic E-state index is 0. The Labute approximate surface area is 191 Å². The van der Waals surface area contributed by atoms with Crippen LogP contribution in [-0.4, -0.2) is 23.2 Å². The molecule has 0 aliphatic rings. The average molecular weight is 506 g/mol. The summed E-state index contributed by atoms with van der Waals surface area (Å²) in [6.45, 7) is 6.63. The van der Waals surface area contributed by atoms with Crippen molar-refractivity contribution in [3.8, 4) is 16.9 Å². The van der Waals surface area contributed by atoms with Gasteiger partial charge >= 0.3 is 0 Å². The van der Waals surface area contributed by atoms with Crippen LogP contribution in [-0.2, 0) is 43.9 Å². The third-order valence-corrected chi connectivity index (χ3v) is 5.58. The van der Waals surface area contributed by atoms with Gasteiger partial charge in [0.1, 0.15) is 5.75 Å². The molecule has 1 aromatic carbocycles. The molecule has 0 unspecified atom stereocenters. The second-order valence-electron chi connectivity index (χ2n) is 5.85. The molecule has 26 heavy (non-hydrogen) atoms. The van der Waals surface area contributed by atoms with Crippen LogP contribution in [0, 0.1) is 13.8 Å². The van der Waals surface area contributed by atoms with Gasteiger partial charge in [0.05, 0.1) is 12.9 Å². The van der Waals surface area contributed by atoms with Crippen molar-refractivity contribution in [2.24, 2.45) is 0 Å². The van der Waals surface area contributed by atoms with Crippen molar-refractivity contribution in [2.75, 3.05) is 11.9 Å². The number of aryl methyl sites for hydroxylation is 3. The zero-order valence-electron chi connectivity index (χ0n) is 15.1. The standard InChI is InChI=1S/C20H19BrNO2S.Y/c1-4-14-5-6-18(24-8-7-21)15(10-14)16-9-12(2)22-19-17(11-23)13(3)25-20(16)19;/h5-6,9-10H,4,7-8H2,1-3H3;/q-1;. The Balaban J connectivity index is 0.00000243. The number of halogens is 1. The molecule has 6 heteroatoms. The van der Waals surface area contributed by atoms with Gasteiger partial charge in [0.25, 0.3) is 0 Å². The average Bonchev–Trinajstić information content (AvgIpc) is 2.94. The van der Waals surface area contributed by atoms with Crippen molar-refractivity contribution in [3.63, 3.8) is 0 Å².